The van der Waals surface area contributed by atoms with E-state index in [9.17, 15) is 19.2 Å². The summed E-state index contributed by atoms with van der Waals surface area (Å²) in [7, 11) is 0. The fraction of sp³-hybridized carbons (Fsp3) is 0.353. The maximum atomic E-state index is 14.9. The Morgan fingerprint density at radius 1 is 0.932 bits per heavy atom. The van der Waals surface area contributed by atoms with Crippen molar-refractivity contribution in [2.45, 2.75) is 70.8 Å². The third-order valence-corrected chi connectivity index (χ3v) is 7.34. The van der Waals surface area contributed by atoms with Crippen LogP contribution in [0.1, 0.15) is 69.1 Å². The summed E-state index contributed by atoms with van der Waals surface area (Å²) in [5.74, 6) is -1.93. The van der Waals surface area contributed by atoms with Crippen molar-refractivity contribution in [3.05, 3.63) is 95.6 Å². The molecule has 3 aromatic rings. The second-order valence-electron chi connectivity index (χ2n) is 11.9. The quantitative estimate of drug-likeness (QED) is 0.252. The van der Waals surface area contributed by atoms with Gasteiger partial charge in [-0.1, -0.05) is 48.5 Å². The Morgan fingerprint density at radius 2 is 1.57 bits per heavy atom. The number of hydrogen-bond acceptors (Lipinski definition) is 9. The highest BCUT2D eigenvalue weighted by atomic mass is 16.7. The number of fused-ring (bicyclic) bond motifs is 2. The number of nitrogens with zero attached hydrogens (tertiary/aromatic N) is 2. The van der Waals surface area contributed by atoms with Crippen molar-refractivity contribution >= 4 is 35.3 Å². The molecule has 1 saturated heterocycles. The van der Waals surface area contributed by atoms with Crippen molar-refractivity contribution in [1.29, 1.82) is 0 Å². The van der Waals surface area contributed by atoms with Crippen LogP contribution in [-0.2, 0) is 34.1 Å². The molecule has 2 heterocycles. The van der Waals surface area contributed by atoms with Crippen LogP contribution in [0.15, 0.2) is 78.9 Å². The van der Waals surface area contributed by atoms with Crippen molar-refractivity contribution in [3.8, 4) is 0 Å². The van der Waals surface area contributed by atoms with E-state index < -0.39 is 53.2 Å². The average Bonchev–Trinajstić information content (AvgIpc) is 3.46. The molecule has 0 radical (unpaired) electrons. The van der Waals surface area contributed by atoms with Crippen LogP contribution in [0.5, 0.6) is 0 Å². The molecular weight excluding hydrogens is 564 g/mol. The predicted molar refractivity (Wildman–Crippen MR) is 162 cm³/mol. The van der Waals surface area contributed by atoms with Crippen LogP contribution in [0, 0.1) is 0 Å². The number of carbonyl (C=O) groups excluding carboxylic acids is 4. The number of esters is 2. The van der Waals surface area contributed by atoms with Gasteiger partial charge < -0.3 is 14.2 Å². The highest BCUT2D eigenvalue weighted by Crippen LogP contribution is 2.59. The number of anilines is 2. The van der Waals surface area contributed by atoms with Gasteiger partial charge in [-0.15, -0.1) is 0 Å². The summed E-state index contributed by atoms with van der Waals surface area (Å²) in [5.41, 5.74) is -0.506. The lowest BCUT2D eigenvalue weighted by Gasteiger charge is -2.34. The van der Waals surface area contributed by atoms with Gasteiger partial charge in [0.2, 0.25) is 6.10 Å². The van der Waals surface area contributed by atoms with Crippen LogP contribution >= 0.6 is 0 Å². The molecule has 10 heteroatoms. The summed E-state index contributed by atoms with van der Waals surface area (Å²) in [5, 5.41) is 1.49. The molecule has 3 atom stereocenters. The number of carbonyl (C=O) groups is 4. The fourth-order valence-electron chi connectivity index (χ4n) is 5.75. The number of rotatable bonds is 6. The normalized spacial score (nSPS) is 21.0. The number of amides is 2. The van der Waals surface area contributed by atoms with Crippen LogP contribution in [0.25, 0.3) is 0 Å². The Hall–Kier alpha value is -4.70. The van der Waals surface area contributed by atoms with Crippen LogP contribution in [-0.4, -0.2) is 48.4 Å². The van der Waals surface area contributed by atoms with Gasteiger partial charge in [-0.3, -0.25) is 9.63 Å². The van der Waals surface area contributed by atoms with Gasteiger partial charge in [-0.05, 0) is 83.0 Å². The molecule has 0 aromatic heterocycles. The molecule has 10 nitrogen and oxygen atoms in total. The van der Waals surface area contributed by atoms with E-state index in [1.165, 1.54) is 5.06 Å². The van der Waals surface area contributed by atoms with Crippen LogP contribution in [0.3, 0.4) is 0 Å². The third kappa shape index (κ3) is 5.30. The highest BCUT2D eigenvalue weighted by Gasteiger charge is 2.71. The van der Waals surface area contributed by atoms with E-state index in [0.717, 1.165) is 4.90 Å². The number of benzene rings is 3. The van der Waals surface area contributed by atoms with Gasteiger partial charge in [0, 0.05) is 0 Å². The summed E-state index contributed by atoms with van der Waals surface area (Å²) < 4.78 is 16.5. The molecule has 44 heavy (non-hydrogen) atoms. The molecule has 0 bridgehead atoms. The van der Waals surface area contributed by atoms with Gasteiger partial charge in [-0.25, -0.2) is 24.3 Å². The zero-order valence-corrected chi connectivity index (χ0v) is 25.6. The number of imide groups is 1. The fourth-order valence-corrected chi connectivity index (χ4v) is 5.75. The first kappa shape index (κ1) is 30.7. The number of hydrogen-bond donors (Lipinski definition) is 0. The van der Waals surface area contributed by atoms with Gasteiger partial charge in [0.1, 0.15) is 17.1 Å². The first-order valence-corrected chi connectivity index (χ1v) is 14.6. The van der Waals surface area contributed by atoms with Crippen molar-refractivity contribution < 1.29 is 38.2 Å². The van der Waals surface area contributed by atoms with Crippen LogP contribution < -0.4 is 9.96 Å². The van der Waals surface area contributed by atoms with E-state index in [2.05, 4.69) is 0 Å². The minimum absolute atomic E-state index is 0.226. The minimum atomic E-state index is -1.76. The molecule has 0 unspecified atom stereocenters. The van der Waals surface area contributed by atoms with Gasteiger partial charge in [0.15, 0.2) is 0 Å². The van der Waals surface area contributed by atoms with Crippen molar-refractivity contribution in [3.63, 3.8) is 0 Å². The lowest BCUT2D eigenvalue weighted by Crippen LogP contribution is -2.54. The second kappa shape index (κ2) is 11.8. The second-order valence-corrected chi connectivity index (χ2v) is 11.9. The topological polar surface area (TPSA) is 112 Å². The van der Waals surface area contributed by atoms with Crippen LogP contribution in [0.4, 0.5) is 16.2 Å². The molecule has 3 aromatic carbocycles. The molecule has 0 aliphatic carbocycles. The molecule has 2 amide bonds. The van der Waals surface area contributed by atoms with E-state index in [1.807, 2.05) is 30.3 Å². The van der Waals surface area contributed by atoms with E-state index in [0.29, 0.717) is 22.4 Å². The van der Waals surface area contributed by atoms with E-state index in [1.54, 1.807) is 90.1 Å². The van der Waals surface area contributed by atoms with E-state index >= 15 is 0 Å². The van der Waals surface area contributed by atoms with Gasteiger partial charge >= 0.3 is 18.0 Å². The first-order chi connectivity index (χ1) is 20.9. The van der Waals surface area contributed by atoms with Gasteiger partial charge in [-0.2, -0.15) is 0 Å². The smallest absolute Gasteiger partial charge is 0.421 e. The van der Waals surface area contributed by atoms with Crippen molar-refractivity contribution in [2.75, 3.05) is 16.6 Å². The number of hydroxylamine groups is 1. The summed E-state index contributed by atoms with van der Waals surface area (Å²) >= 11 is 0. The summed E-state index contributed by atoms with van der Waals surface area (Å²) in [6.45, 7) is 10.5. The summed E-state index contributed by atoms with van der Waals surface area (Å²) in [6.07, 6.45) is -2.86. The summed E-state index contributed by atoms with van der Waals surface area (Å²) in [6, 6.07) is 21.5. The van der Waals surface area contributed by atoms with Crippen LogP contribution in [0.2, 0.25) is 0 Å². The van der Waals surface area contributed by atoms with E-state index in [-0.39, 0.29) is 12.3 Å². The number of ether oxygens (including phenoxy) is 3. The molecule has 230 valence electrons. The maximum Gasteiger partial charge on any atom is 0.421 e. The predicted octanol–water partition coefficient (Wildman–Crippen LogP) is 5.90. The third-order valence-electron chi connectivity index (χ3n) is 7.34. The molecule has 2 aliphatic rings. The molecule has 2 aliphatic heterocycles. The zero-order valence-electron chi connectivity index (χ0n) is 25.6. The molecule has 1 fully saturated rings. The Labute approximate surface area is 256 Å². The van der Waals surface area contributed by atoms with Gasteiger partial charge in [0.05, 0.1) is 29.6 Å². The van der Waals surface area contributed by atoms with Gasteiger partial charge in [0.25, 0.3) is 5.91 Å². The molecule has 0 saturated carbocycles. The minimum Gasteiger partial charge on any atom is -0.462 e. The van der Waals surface area contributed by atoms with Crippen molar-refractivity contribution in [1.82, 2.24) is 0 Å². The van der Waals surface area contributed by atoms with E-state index in [4.69, 9.17) is 19.0 Å². The Bertz CT molecular complexity index is 1560. The summed E-state index contributed by atoms with van der Waals surface area (Å²) in [4.78, 5) is 62.3. The standard InChI is InChI=1S/C34H36N2O8/c1-7-41-29(37)23-17-19-24(20-18-23)36-27(22-13-9-8-10-14-22)34(28(44-36)30(38)42-21(2)3)25-15-11-12-16-26(25)35(31(34)39)32(40)43-33(4,5)6/h8-21,27-28H,7H2,1-6H3/t27-,28+,34-/m1/s1. The Balaban J connectivity index is 1.75. The zero-order chi connectivity index (χ0) is 31.8. The van der Waals surface area contributed by atoms with Crippen molar-refractivity contribution in [2.24, 2.45) is 0 Å². The maximum absolute atomic E-state index is 14.9. The molecular formula is C34H36N2O8. The first-order valence-electron chi connectivity index (χ1n) is 14.6. The Morgan fingerprint density at radius 3 is 2.18 bits per heavy atom. The molecule has 1 spiro atoms. The molecule has 0 N–H and O–H groups in total. The lowest BCUT2D eigenvalue weighted by molar-refractivity contribution is -0.163. The lowest BCUT2D eigenvalue weighted by atomic mass is 9.69. The average molecular weight is 601 g/mol. The highest BCUT2D eigenvalue weighted by molar-refractivity contribution is 6.23. The monoisotopic (exact) mass is 600 g/mol. The Kier molecular flexibility index (Phi) is 8.22. The SMILES string of the molecule is CCOC(=O)c1ccc(N2O[C@@H](C(=O)OC(C)C)[C@]3(C(=O)N(C(=O)OC(C)(C)C)c4ccccc43)[C@H]2c2ccccc2)cc1. The molecule has 5 rings (SSSR count). The largest absolute Gasteiger partial charge is 0.462 e. The number of para-hydroxylation sites is 1.